The fourth-order valence-corrected chi connectivity index (χ4v) is 2.77. The molecule has 0 bridgehead atoms. The van der Waals surface area contributed by atoms with Crippen LogP contribution in [0.25, 0.3) is 11.3 Å². The molecule has 2 aromatic heterocycles. The molecule has 0 aromatic carbocycles. The Labute approximate surface area is 134 Å². The van der Waals surface area contributed by atoms with E-state index in [-0.39, 0.29) is 17.7 Å². The lowest BCUT2D eigenvalue weighted by Gasteiger charge is -2.31. The molecule has 0 saturated carbocycles. The fraction of sp³-hybridized carbons (Fsp3) is 0.375. The van der Waals surface area contributed by atoms with Crippen LogP contribution in [0.5, 0.6) is 0 Å². The summed E-state index contributed by atoms with van der Waals surface area (Å²) in [6, 6.07) is 5.52. The van der Waals surface area contributed by atoms with Gasteiger partial charge in [-0.1, -0.05) is 0 Å². The predicted octanol–water partition coefficient (Wildman–Crippen LogP) is 1.67. The highest BCUT2D eigenvalue weighted by Crippen LogP contribution is 2.21. The van der Waals surface area contributed by atoms with Crippen LogP contribution >= 0.6 is 0 Å². The Hall–Kier alpha value is -2.70. The molecular weight excluding hydrogens is 294 g/mol. The van der Waals surface area contributed by atoms with Gasteiger partial charge in [0.2, 0.25) is 11.8 Å². The first-order chi connectivity index (χ1) is 11.1. The number of likely N-dealkylation sites (tertiary alicyclic amines) is 1. The van der Waals surface area contributed by atoms with Gasteiger partial charge < -0.3 is 10.2 Å². The predicted molar refractivity (Wildman–Crippen MR) is 85.4 cm³/mol. The van der Waals surface area contributed by atoms with Crippen LogP contribution in [0.2, 0.25) is 0 Å². The lowest BCUT2D eigenvalue weighted by Crippen LogP contribution is -2.42. The molecule has 1 aliphatic heterocycles. The largest absolute Gasteiger partial charge is 0.342 e. The number of carbonyl (C=O) groups excluding carboxylic acids is 2. The first-order valence-corrected chi connectivity index (χ1v) is 7.65. The normalized spacial score (nSPS) is 17.8. The van der Waals surface area contributed by atoms with Crippen molar-refractivity contribution in [3.8, 4) is 11.3 Å². The molecular formula is C16H19N5O2. The molecule has 2 N–H and O–H groups in total. The number of nitrogens with one attached hydrogen (secondary N) is 2. The minimum atomic E-state index is -0.186. The summed E-state index contributed by atoms with van der Waals surface area (Å²) >= 11 is 0. The number of amides is 2. The highest BCUT2D eigenvalue weighted by molar-refractivity contribution is 5.92. The summed E-state index contributed by atoms with van der Waals surface area (Å²) in [4.78, 5) is 29.5. The van der Waals surface area contributed by atoms with E-state index in [1.54, 1.807) is 23.4 Å². The van der Waals surface area contributed by atoms with Crippen LogP contribution < -0.4 is 5.32 Å². The number of carbonyl (C=O) groups is 2. The van der Waals surface area contributed by atoms with Crippen molar-refractivity contribution in [1.29, 1.82) is 0 Å². The Morgan fingerprint density at radius 1 is 1.35 bits per heavy atom. The standard InChI is InChI=1S/C16H19N5O2/c1-11(22)21-8-2-3-13(10-21)16(23)18-15-9-14(19-20-15)12-4-6-17-7-5-12/h4-7,9,13H,2-3,8,10H2,1H3,(H2,18,19,20,23). The van der Waals surface area contributed by atoms with E-state index in [2.05, 4.69) is 20.5 Å². The van der Waals surface area contributed by atoms with Crippen molar-refractivity contribution in [2.75, 3.05) is 18.4 Å². The number of hydrogen-bond donors (Lipinski definition) is 2. The molecule has 23 heavy (non-hydrogen) atoms. The Kier molecular flexibility index (Phi) is 4.36. The van der Waals surface area contributed by atoms with Gasteiger partial charge in [-0.2, -0.15) is 5.10 Å². The number of aromatic amines is 1. The van der Waals surface area contributed by atoms with Crippen LogP contribution in [0.4, 0.5) is 5.82 Å². The number of pyridine rings is 1. The highest BCUT2D eigenvalue weighted by atomic mass is 16.2. The number of hydrogen-bond acceptors (Lipinski definition) is 4. The van der Waals surface area contributed by atoms with E-state index in [0.29, 0.717) is 12.4 Å². The summed E-state index contributed by atoms with van der Waals surface area (Å²) < 4.78 is 0. The second kappa shape index (κ2) is 6.60. The molecule has 1 aliphatic rings. The number of H-pyrrole nitrogens is 1. The molecule has 2 amide bonds. The van der Waals surface area contributed by atoms with Crippen molar-refractivity contribution in [2.45, 2.75) is 19.8 Å². The summed E-state index contributed by atoms with van der Waals surface area (Å²) in [5.41, 5.74) is 1.77. The number of piperidine rings is 1. The minimum absolute atomic E-state index is 0.0160. The van der Waals surface area contributed by atoms with E-state index in [1.807, 2.05) is 12.1 Å². The molecule has 1 atom stereocenters. The molecule has 2 aromatic rings. The van der Waals surface area contributed by atoms with Crippen molar-refractivity contribution in [1.82, 2.24) is 20.1 Å². The molecule has 0 radical (unpaired) electrons. The molecule has 0 spiro atoms. The molecule has 3 rings (SSSR count). The van der Waals surface area contributed by atoms with Gasteiger partial charge in [0.15, 0.2) is 5.82 Å². The zero-order valence-corrected chi connectivity index (χ0v) is 13.0. The average Bonchev–Trinajstić information content (AvgIpc) is 3.04. The first-order valence-electron chi connectivity index (χ1n) is 7.65. The summed E-state index contributed by atoms with van der Waals surface area (Å²) in [6.07, 6.45) is 5.04. The topological polar surface area (TPSA) is 91.0 Å². The lowest BCUT2D eigenvalue weighted by atomic mass is 9.97. The maximum absolute atomic E-state index is 12.4. The van der Waals surface area contributed by atoms with Crippen molar-refractivity contribution in [2.24, 2.45) is 5.92 Å². The van der Waals surface area contributed by atoms with E-state index in [4.69, 9.17) is 0 Å². The van der Waals surface area contributed by atoms with Crippen LogP contribution in [0.15, 0.2) is 30.6 Å². The maximum atomic E-state index is 12.4. The van der Waals surface area contributed by atoms with Crippen LogP contribution in [0.1, 0.15) is 19.8 Å². The van der Waals surface area contributed by atoms with Gasteiger partial charge in [0.25, 0.3) is 0 Å². The fourth-order valence-electron chi connectivity index (χ4n) is 2.77. The summed E-state index contributed by atoms with van der Waals surface area (Å²) in [5.74, 6) is 0.224. The smallest absolute Gasteiger partial charge is 0.230 e. The second-order valence-electron chi connectivity index (χ2n) is 5.70. The number of nitrogens with zero attached hydrogens (tertiary/aromatic N) is 3. The summed E-state index contributed by atoms with van der Waals surface area (Å²) in [7, 11) is 0. The van der Waals surface area contributed by atoms with Gasteiger partial charge in [0, 0.05) is 44.0 Å². The van der Waals surface area contributed by atoms with Gasteiger partial charge in [-0.05, 0) is 25.0 Å². The molecule has 3 heterocycles. The van der Waals surface area contributed by atoms with Gasteiger partial charge in [0.05, 0.1) is 11.6 Å². The van der Waals surface area contributed by atoms with E-state index in [0.717, 1.165) is 30.6 Å². The third-order valence-electron chi connectivity index (χ3n) is 4.06. The maximum Gasteiger partial charge on any atom is 0.230 e. The number of aromatic nitrogens is 3. The Balaban J connectivity index is 1.64. The third kappa shape index (κ3) is 3.56. The summed E-state index contributed by atoms with van der Waals surface area (Å²) in [6.45, 7) is 2.74. The van der Waals surface area contributed by atoms with Crippen LogP contribution in [0.3, 0.4) is 0 Å². The van der Waals surface area contributed by atoms with Crippen LogP contribution in [0, 0.1) is 5.92 Å². The molecule has 0 aliphatic carbocycles. The monoisotopic (exact) mass is 313 g/mol. The zero-order chi connectivity index (χ0) is 16.2. The molecule has 7 nitrogen and oxygen atoms in total. The SMILES string of the molecule is CC(=O)N1CCCC(C(=O)Nc2cc(-c3ccncc3)[nH]n2)C1. The van der Waals surface area contributed by atoms with Crippen molar-refractivity contribution in [3.63, 3.8) is 0 Å². The minimum Gasteiger partial charge on any atom is -0.342 e. The van der Waals surface area contributed by atoms with Gasteiger partial charge in [0.1, 0.15) is 0 Å². The summed E-state index contributed by atoms with van der Waals surface area (Å²) in [5, 5.41) is 9.85. The van der Waals surface area contributed by atoms with E-state index in [1.165, 1.54) is 6.92 Å². The number of anilines is 1. The van der Waals surface area contributed by atoms with Crippen LogP contribution in [-0.4, -0.2) is 45.0 Å². The highest BCUT2D eigenvalue weighted by Gasteiger charge is 2.27. The average molecular weight is 313 g/mol. The Bertz CT molecular complexity index is 698. The van der Waals surface area contributed by atoms with Crippen molar-refractivity contribution >= 4 is 17.6 Å². The molecule has 1 unspecified atom stereocenters. The lowest BCUT2D eigenvalue weighted by molar-refractivity contribution is -0.132. The Morgan fingerprint density at radius 3 is 2.87 bits per heavy atom. The van der Waals surface area contributed by atoms with Crippen molar-refractivity contribution < 1.29 is 9.59 Å². The molecule has 1 fully saturated rings. The van der Waals surface area contributed by atoms with Gasteiger partial charge >= 0.3 is 0 Å². The van der Waals surface area contributed by atoms with E-state index >= 15 is 0 Å². The van der Waals surface area contributed by atoms with Gasteiger partial charge in [-0.25, -0.2) is 0 Å². The molecule has 7 heteroatoms. The van der Waals surface area contributed by atoms with Crippen molar-refractivity contribution in [3.05, 3.63) is 30.6 Å². The third-order valence-corrected chi connectivity index (χ3v) is 4.06. The first kappa shape index (κ1) is 15.2. The van der Waals surface area contributed by atoms with Gasteiger partial charge in [-0.15, -0.1) is 0 Å². The quantitative estimate of drug-likeness (QED) is 0.901. The van der Waals surface area contributed by atoms with E-state index < -0.39 is 0 Å². The molecule has 1 saturated heterocycles. The zero-order valence-electron chi connectivity index (χ0n) is 13.0. The second-order valence-corrected chi connectivity index (χ2v) is 5.70. The van der Waals surface area contributed by atoms with Gasteiger partial charge in [-0.3, -0.25) is 19.7 Å². The van der Waals surface area contributed by atoms with Crippen LogP contribution in [-0.2, 0) is 9.59 Å². The Morgan fingerprint density at radius 2 is 2.13 bits per heavy atom. The molecule has 120 valence electrons. The number of rotatable bonds is 3. The van der Waals surface area contributed by atoms with E-state index in [9.17, 15) is 9.59 Å².